The predicted molar refractivity (Wildman–Crippen MR) is 232 cm³/mol. The van der Waals surface area contributed by atoms with Gasteiger partial charge in [-0.15, -0.1) is 5.56 Å². The Morgan fingerprint density at radius 1 is 0.481 bits per heavy atom. The van der Waals surface area contributed by atoms with Crippen molar-refractivity contribution in [3.05, 3.63) is 155 Å². The fourth-order valence-corrected chi connectivity index (χ4v) is 7.88. The van der Waals surface area contributed by atoms with Gasteiger partial charge in [0, 0.05) is 5.41 Å². The van der Waals surface area contributed by atoms with Crippen molar-refractivity contribution in [2.45, 2.75) is 149 Å². The molecule has 0 nitrogen and oxygen atoms in total. The molecule has 1 unspecified atom stereocenters. The Hall–Kier alpha value is -2.90. The van der Waals surface area contributed by atoms with Crippen molar-refractivity contribution < 1.29 is 29.6 Å². The van der Waals surface area contributed by atoms with Gasteiger partial charge in [0.25, 0.3) is 0 Å². The van der Waals surface area contributed by atoms with Crippen LogP contribution in [-0.2, 0) is 5.41 Å². The molecular formula is C53H67Na-2. The molecule has 0 saturated heterocycles. The monoisotopic (exact) mass is 727 g/mol. The second kappa shape index (κ2) is 25.3. The van der Waals surface area contributed by atoms with Crippen LogP contribution in [-0.4, -0.2) is 0 Å². The van der Waals surface area contributed by atoms with E-state index in [-0.39, 0.29) is 35.0 Å². The van der Waals surface area contributed by atoms with Gasteiger partial charge >= 0.3 is 29.6 Å². The van der Waals surface area contributed by atoms with Gasteiger partial charge in [0.1, 0.15) is 0 Å². The zero-order valence-electron chi connectivity index (χ0n) is 35.1. The molecule has 0 fully saturated rings. The van der Waals surface area contributed by atoms with E-state index in [4.69, 9.17) is 0 Å². The Bertz CT molecular complexity index is 1690. The number of hydrogen-bond acceptors (Lipinski definition) is 0. The number of aryl methyl sites for hydroxylation is 2. The predicted octanol–water partition coefficient (Wildman–Crippen LogP) is 13.0. The normalized spacial score (nSPS) is 12.6. The summed E-state index contributed by atoms with van der Waals surface area (Å²) < 4.78 is 0. The Morgan fingerprint density at radius 2 is 0.944 bits per heavy atom. The van der Waals surface area contributed by atoms with E-state index in [2.05, 4.69) is 120 Å². The third kappa shape index (κ3) is 13.7. The first kappa shape index (κ1) is 45.5. The van der Waals surface area contributed by atoms with Gasteiger partial charge in [-0.25, -0.2) is 0 Å². The summed E-state index contributed by atoms with van der Waals surface area (Å²) in [6.07, 6.45) is 20.1. The van der Waals surface area contributed by atoms with Gasteiger partial charge in [0.05, 0.1) is 0 Å². The zero-order valence-corrected chi connectivity index (χ0v) is 37.1. The Morgan fingerprint density at radius 3 is 1.44 bits per heavy atom. The third-order valence-corrected chi connectivity index (χ3v) is 11.3. The Kier molecular flexibility index (Phi) is 21.3. The van der Waals surface area contributed by atoms with Crippen LogP contribution in [0.5, 0.6) is 0 Å². The van der Waals surface area contributed by atoms with E-state index in [0.29, 0.717) is 5.92 Å². The molecule has 5 aromatic carbocycles. The summed E-state index contributed by atoms with van der Waals surface area (Å²) in [6, 6.07) is 48.3. The molecule has 0 N–H and O–H groups in total. The number of benzene rings is 5. The molecule has 1 heteroatoms. The van der Waals surface area contributed by atoms with Crippen molar-refractivity contribution >= 4 is 0 Å². The molecule has 1 aliphatic rings. The number of hydrogen-bond donors (Lipinski definition) is 0. The molecule has 0 saturated carbocycles. The minimum atomic E-state index is 0. The zero-order chi connectivity index (χ0) is 37.7. The van der Waals surface area contributed by atoms with Crippen LogP contribution < -0.4 is 29.6 Å². The molecule has 0 bridgehead atoms. The van der Waals surface area contributed by atoms with Crippen LogP contribution in [0.15, 0.2) is 109 Å². The van der Waals surface area contributed by atoms with Gasteiger partial charge in [-0.2, -0.15) is 102 Å². The summed E-state index contributed by atoms with van der Waals surface area (Å²) in [7, 11) is 0. The van der Waals surface area contributed by atoms with Crippen molar-refractivity contribution in [3.63, 3.8) is 0 Å². The fraction of sp³-hybridized carbons (Fsp3) is 0.434. The van der Waals surface area contributed by atoms with Crippen molar-refractivity contribution in [1.29, 1.82) is 0 Å². The topological polar surface area (TPSA) is 0 Å². The molecule has 0 aromatic heterocycles. The van der Waals surface area contributed by atoms with Crippen molar-refractivity contribution in [2.24, 2.45) is 0 Å². The summed E-state index contributed by atoms with van der Waals surface area (Å²) in [4.78, 5) is 0. The fourth-order valence-electron chi connectivity index (χ4n) is 7.88. The number of fused-ring (bicyclic) bond motifs is 3. The summed E-state index contributed by atoms with van der Waals surface area (Å²) in [5.74, 6) is 0.689. The minimum absolute atomic E-state index is 0. The second-order valence-electron chi connectivity index (χ2n) is 15.4. The van der Waals surface area contributed by atoms with Gasteiger partial charge < -0.3 is 0 Å². The molecule has 54 heavy (non-hydrogen) atoms. The molecule has 6 rings (SSSR count). The van der Waals surface area contributed by atoms with E-state index in [1.807, 2.05) is 48.5 Å². The SMILES string of the molecule is CCC(C)c1cc[c-]cc1.CCCCCCCCC1(CCCCCCCC)c2cc(C)ccc2-c2ccc(-c3cc[c-]cc3)cc21.Cc1cc[c-]cc1.[Na+]. The van der Waals surface area contributed by atoms with Gasteiger partial charge in [0.2, 0.25) is 0 Å². The Balaban J connectivity index is 0.000000356. The smallest absolute Gasteiger partial charge is 0.184 e. The van der Waals surface area contributed by atoms with Crippen molar-refractivity contribution in [2.75, 3.05) is 0 Å². The van der Waals surface area contributed by atoms with Crippen LogP contribution >= 0.6 is 0 Å². The van der Waals surface area contributed by atoms with Crippen LogP contribution in [0.3, 0.4) is 0 Å². The molecule has 0 heterocycles. The molecule has 0 radical (unpaired) electrons. The van der Waals surface area contributed by atoms with Crippen LogP contribution in [0.4, 0.5) is 0 Å². The molecule has 0 spiro atoms. The van der Waals surface area contributed by atoms with E-state index in [1.165, 1.54) is 135 Å². The molecular weight excluding hydrogens is 660 g/mol. The quantitative estimate of drug-likeness (QED) is 0.0508. The molecule has 5 aromatic rings. The average Bonchev–Trinajstić information content (AvgIpc) is 3.46. The van der Waals surface area contributed by atoms with E-state index in [1.54, 1.807) is 11.1 Å². The minimum Gasteiger partial charge on any atom is -0.184 e. The summed E-state index contributed by atoms with van der Waals surface area (Å²) in [6.45, 7) is 13.4. The first-order chi connectivity index (χ1) is 25.9. The van der Waals surface area contributed by atoms with Crippen LogP contribution in [0, 0.1) is 32.0 Å². The van der Waals surface area contributed by atoms with Crippen LogP contribution in [0.25, 0.3) is 22.3 Å². The molecule has 0 aliphatic heterocycles. The maximum atomic E-state index is 3.19. The molecule has 0 amide bonds. The summed E-state index contributed by atoms with van der Waals surface area (Å²) >= 11 is 0. The van der Waals surface area contributed by atoms with E-state index >= 15 is 0 Å². The summed E-state index contributed by atoms with van der Waals surface area (Å²) in [5.41, 5.74) is 13.1. The van der Waals surface area contributed by atoms with E-state index < -0.39 is 0 Å². The third-order valence-electron chi connectivity index (χ3n) is 11.3. The van der Waals surface area contributed by atoms with Crippen molar-refractivity contribution in [1.82, 2.24) is 0 Å². The first-order valence-electron chi connectivity index (χ1n) is 21.0. The largest absolute Gasteiger partial charge is 1.00 e. The maximum Gasteiger partial charge on any atom is 1.00 e. The maximum absolute atomic E-state index is 3.19. The first-order valence-corrected chi connectivity index (χ1v) is 21.0. The van der Waals surface area contributed by atoms with Gasteiger partial charge in [0.15, 0.2) is 0 Å². The standard InChI is InChI=1S/C36H47.C10H13.C7H7.Na/c1-4-6-8-10-12-17-25-36(26-18-13-11-9-7-5-2)34-27-29(3)21-23-32(34)33-24-22-31(28-35(33)36)30-19-15-14-16-20-30;1-3-9(2)10-7-5-4-6-8-10;1-7-5-3-2-4-6-7;/h15-16,19-24,27-28H,4-13,17-18,25-26H2,1-3H3;5-9H,3H2,1-2H3;3-6H,1H3;/q3*-1;+1. The van der Waals surface area contributed by atoms with Gasteiger partial charge in [-0.3, -0.25) is 0 Å². The second-order valence-corrected chi connectivity index (χ2v) is 15.4. The Labute approximate surface area is 353 Å². The van der Waals surface area contributed by atoms with E-state index in [0.717, 1.165) is 0 Å². The molecule has 1 aliphatic carbocycles. The summed E-state index contributed by atoms with van der Waals surface area (Å²) in [5, 5.41) is 0. The number of rotatable bonds is 17. The van der Waals surface area contributed by atoms with Gasteiger partial charge in [-0.05, 0) is 53.5 Å². The van der Waals surface area contributed by atoms with E-state index in [9.17, 15) is 0 Å². The average molecular weight is 727 g/mol. The molecule has 1 atom stereocenters. The van der Waals surface area contributed by atoms with Crippen LogP contribution in [0.1, 0.15) is 158 Å². The van der Waals surface area contributed by atoms with Crippen molar-refractivity contribution in [3.8, 4) is 22.3 Å². The van der Waals surface area contributed by atoms with Crippen LogP contribution in [0.2, 0.25) is 0 Å². The molecule has 282 valence electrons. The number of unbranched alkanes of at least 4 members (excludes halogenated alkanes) is 10. The van der Waals surface area contributed by atoms with Gasteiger partial charge in [-0.1, -0.05) is 160 Å².